The van der Waals surface area contributed by atoms with E-state index in [-0.39, 0.29) is 24.6 Å². The minimum atomic E-state index is -5.07. The molecule has 0 aromatic carbocycles. The van der Waals surface area contributed by atoms with E-state index in [4.69, 9.17) is 24.3 Å². The number of hydrogen-bond donors (Lipinski definition) is 11. The van der Waals surface area contributed by atoms with E-state index in [0.717, 1.165) is 0 Å². The van der Waals surface area contributed by atoms with Gasteiger partial charge < -0.3 is 64.2 Å². The van der Waals surface area contributed by atoms with Crippen LogP contribution in [0.4, 0.5) is 0 Å². The van der Waals surface area contributed by atoms with Crippen LogP contribution in [0.15, 0.2) is 0 Å². The van der Waals surface area contributed by atoms with Gasteiger partial charge in [-0.2, -0.15) is 0 Å². The molecule has 0 aromatic heterocycles. The normalized spacial score (nSPS) is 30.0. The first-order valence-corrected chi connectivity index (χ1v) is 8.10. The van der Waals surface area contributed by atoms with Crippen LogP contribution in [-0.4, -0.2) is 72.2 Å². The van der Waals surface area contributed by atoms with Gasteiger partial charge in [0.2, 0.25) is 0 Å². The van der Waals surface area contributed by atoms with Crippen molar-refractivity contribution in [3.63, 3.8) is 0 Å². The van der Waals surface area contributed by atoms with Gasteiger partial charge in [0.1, 0.15) is 24.4 Å². The van der Waals surface area contributed by atoms with Gasteiger partial charge in [-0.1, -0.05) is 0 Å². The number of aliphatic hydroxyl groups is 3. The molecule has 18 heteroatoms. The average Bonchev–Trinajstić information content (AvgIpc) is 2.25. The Morgan fingerprint density at radius 3 is 1.62 bits per heavy atom. The summed E-state index contributed by atoms with van der Waals surface area (Å²) in [4.78, 5) is 34.1. The summed E-state index contributed by atoms with van der Waals surface area (Å²) < 4.78 is 33.9. The van der Waals surface area contributed by atoms with Gasteiger partial charge in [0.25, 0.3) is 0 Å². The van der Waals surface area contributed by atoms with Crippen molar-refractivity contribution in [2.24, 2.45) is 0 Å². The van der Waals surface area contributed by atoms with Crippen LogP contribution in [0.3, 0.4) is 0 Å². The van der Waals surface area contributed by atoms with Crippen molar-refractivity contribution in [3.05, 3.63) is 0 Å². The maximum Gasteiger partial charge on any atom is 0.472 e. The third-order valence-corrected chi connectivity index (χ3v) is 3.28. The first-order valence-electron chi connectivity index (χ1n) is 5.04. The molecule has 5 atom stereocenters. The summed E-state index contributed by atoms with van der Waals surface area (Å²) in [6, 6.07) is 0. The van der Waals surface area contributed by atoms with Crippen LogP contribution in [-0.2, 0) is 22.9 Å². The molecule has 0 radical (unpaired) electrons. The fourth-order valence-corrected chi connectivity index (χ4v) is 2.23. The molecule has 16 nitrogen and oxygen atoms in total. The molecule has 19 N–H and O–H groups in total. The summed E-state index contributed by atoms with van der Waals surface area (Å²) in [6.07, 6.45) is -9.32. The van der Waals surface area contributed by atoms with E-state index >= 15 is 0 Å². The summed E-state index contributed by atoms with van der Waals surface area (Å²) in [5.41, 5.74) is 0. The van der Waals surface area contributed by atoms with Crippen molar-refractivity contribution >= 4 is 15.6 Å². The molecule has 0 aliphatic carbocycles. The Hall–Kier alpha value is -0.100. The van der Waals surface area contributed by atoms with Gasteiger partial charge in [0.15, 0.2) is 6.29 Å². The first kappa shape index (κ1) is 31.6. The second-order valence-electron chi connectivity index (χ2n) is 3.90. The summed E-state index contributed by atoms with van der Waals surface area (Å²) in [6.45, 7) is -0.907. The predicted octanol–water partition coefficient (Wildman–Crippen LogP) is -2.34. The van der Waals surface area contributed by atoms with Crippen molar-refractivity contribution in [3.8, 4) is 0 Å². The second-order valence-corrected chi connectivity index (χ2v) is 6.33. The van der Waals surface area contributed by atoms with Crippen molar-refractivity contribution in [2.75, 3.05) is 6.61 Å². The maximum absolute atomic E-state index is 10.6. The number of aliphatic hydroxyl groups excluding tert-OH is 3. The second kappa shape index (κ2) is 11.5. The van der Waals surface area contributed by atoms with Gasteiger partial charge in [-0.3, -0.25) is 9.05 Å². The lowest BCUT2D eigenvalue weighted by molar-refractivity contribution is -0.279. The highest BCUT2D eigenvalue weighted by atomic mass is 31.2. The molecule has 1 rings (SSSR count). The quantitative estimate of drug-likeness (QED) is 0.212. The molecule has 0 amide bonds. The van der Waals surface area contributed by atoms with Crippen molar-refractivity contribution in [2.45, 2.75) is 30.7 Å². The Kier molecular flexibility index (Phi) is 15.2. The zero-order chi connectivity index (χ0) is 15.7. The Morgan fingerprint density at radius 1 is 0.792 bits per heavy atom. The summed E-state index contributed by atoms with van der Waals surface area (Å²) >= 11 is 0. The van der Waals surface area contributed by atoms with Gasteiger partial charge in [-0.05, 0) is 0 Å². The topological polar surface area (TPSA) is 343 Å². The molecule has 0 bridgehead atoms. The maximum atomic E-state index is 10.6. The fraction of sp³-hybridized carbons (Fsp3) is 1.00. The van der Waals surface area contributed by atoms with Gasteiger partial charge in [-0.15, -0.1) is 0 Å². The van der Waals surface area contributed by atoms with Crippen molar-refractivity contribution < 1.29 is 57.8 Å². The number of rotatable bonds is 5. The third-order valence-electron chi connectivity index (χ3n) is 2.32. The van der Waals surface area contributed by atoms with Gasteiger partial charge >= 0.3 is 15.6 Å². The van der Waals surface area contributed by atoms with E-state index < -0.39 is 53.0 Å². The van der Waals surface area contributed by atoms with Crippen LogP contribution in [0.1, 0.15) is 0 Å². The first-order chi connectivity index (χ1) is 8.91. The van der Waals surface area contributed by atoms with Gasteiger partial charge in [-0.25, -0.2) is 9.13 Å². The summed E-state index contributed by atoms with van der Waals surface area (Å²) in [7, 11) is -9.95. The smallest absolute Gasteiger partial charge is 0.387 e. The highest BCUT2D eigenvalue weighted by Gasteiger charge is 2.47. The van der Waals surface area contributed by atoms with E-state index in [1.54, 1.807) is 0 Å². The van der Waals surface area contributed by atoms with E-state index in [9.17, 15) is 24.4 Å². The lowest BCUT2D eigenvalue weighted by Crippen LogP contribution is -2.59. The SMILES string of the molecule is N.N.N.N.O=P(O)(O)OC[C@H]1O[C@H](OP(=O)(O)O)[C@H](O)[C@@H](O)[C@@H]1O. The Balaban J connectivity index is -0.000000500. The fourth-order valence-electron chi connectivity index (χ4n) is 1.45. The molecule has 0 saturated carbocycles. The van der Waals surface area contributed by atoms with Gasteiger partial charge in [0, 0.05) is 0 Å². The number of phosphoric ester groups is 2. The van der Waals surface area contributed by atoms with Gasteiger partial charge in [0.05, 0.1) is 6.61 Å². The molecule has 0 spiro atoms. The van der Waals surface area contributed by atoms with E-state index in [1.807, 2.05) is 0 Å². The van der Waals surface area contributed by atoms with E-state index in [2.05, 4.69) is 9.05 Å². The summed E-state index contributed by atoms with van der Waals surface area (Å²) in [5, 5.41) is 28.4. The summed E-state index contributed by atoms with van der Waals surface area (Å²) in [5.74, 6) is 0. The van der Waals surface area contributed by atoms with Crippen LogP contribution >= 0.6 is 15.6 Å². The average molecular weight is 408 g/mol. The zero-order valence-electron chi connectivity index (χ0n) is 12.5. The molecule has 152 valence electrons. The molecule has 0 aromatic rings. The molecule has 1 fully saturated rings. The Morgan fingerprint density at radius 2 is 1.25 bits per heavy atom. The third kappa shape index (κ3) is 10.0. The standard InChI is InChI=1S/C6H14O12P2.4H3N/c7-3-2(1-16-19(10,11)12)17-6(5(9)4(3)8)18-20(13,14)15;;;;/h2-9H,1H2,(H2,10,11,12)(H2,13,14,15);4*1H3/t2-,3-,4+,5-,6-;;;;/m1..../s1. The predicted molar refractivity (Wildman–Crippen MR) is 77.9 cm³/mol. The van der Waals surface area contributed by atoms with Crippen LogP contribution in [0, 0.1) is 0 Å². The number of phosphoric acid groups is 2. The van der Waals surface area contributed by atoms with Crippen molar-refractivity contribution in [1.29, 1.82) is 0 Å². The van der Waals surface area contributed by atoms with E-state index in [1.165, 1.54) is 0 Å². The molecule has 1 saturated heterocycles. The lowest BCUT2D eigenvalue weighted by atomic mass is 10.00. The Bertz CT molecular complexity index is 428. The highest BCUT2D eigenvalue weighted by molar-refractivity contribution is 7.46. The minimum absolute atomic E-state index is 0. The Labute approximate surface area is 136 Å². The van der Waals surface area contributed by atoms with E-state index in [0.29, 0.717) is 0 Å². The van der Waals surface area contributed by atoms with Crippen LogP contribution in [0.25, 0.3) is 0 Å². The molecule has 1 aliphatic heterocycles. The molecule has 0 unspecified atom stereocenters. The molecule has 24 heavy (non-hydrogen) atoms. The molecular weight excluding hydrogens is 382 g/mol. The largest absolute Gasteiger partial charge is 0.472 e. The van der Waals surface area contributed by atoms with Crippen LogP contribution in [0.5, 0.6) is 0 Å². The molecule has 1 heterocycles. The minimum Gasteiger partial charge on any atom is -0.387 e. The lowest BCUT2D eigenvalue weighted by Gasteiger charge is -2.39. The van der Waals surface area contributed by atoms with Crippen LogP contribution in [0.2, 0.25) is 0 Å². The monoisotopic (exact) mass is 408 g/mol. The highest BCUT2D eigenvalue weighted by Crippen LogP contribution is 2.41. The van der Waals surface area contributed by atoms with Crippen LogP contribution < -0.4 is 24.6 Å². The molecular formula is C6H26N4O12P2. The number of hydrogen-bond acceptors (Lipinski definition) is 12. The van der Waals surface area contributed by atoms with Crippen molar-refractivity contribution in [1.82, 2.24) is 24.6 Å². The number of ether oxygens (including phenoxy) is 1. The molecule has 1 aliphatic rings. The zero-order valence-corrected chi connectivity index (χ0v) is 14.3.